The number of morpholine rings is 1. The van der Waals surface area contributed by atoms with Crippen LogP contribution in [0.15, 0.2) is 23.1 Å². The fourth-order valence-corrected chi connectivity index (χ4v) is 3.65. The van der Waals surface area contributed by atoms with Gasteiger partial charge in [-0.2, -0.15) is 9.57 Å². The number of nitrogen functional groups attached to an aromatic ring is 1. The largest absolute Gasteiger partial charge is 0.399 e. The van der Waals surface area contributed by atoms with Crippen LogP contribution in [0, 0.1) is 18.3 Å². The van der Waals surface area contributed by atoms with Gasteiger partial charge >= 0.3 is 0 Å². The first-order valence-corrected chi connectivity index (χ1v) is 7.26. The van der Waals surface area contributed by atoms with E-state index in [1.54, 1.807) is 19.1 Å². The van der Waals surface area contributed by atoms with E-state index >= 15 is 0 Å². The minimum atomic E-state index is -3.61. The van der Waals surface area contributed by atoms with Crippen LogP contribution in [0.5, 0.6) is 0 Å². The van der Waals surface area contributed by atoms with Gasteiger partial charge in [0.05, 0.1) is 24.1 Å². The Bertz CT molecular complexity index is 622. The molecule has 102 valence electrons. The van der Waals surface area contributed by atoms with Gasteiger partial charge in [-0.15, -0.1) is 0 Å². The Morgan fingerprint density at radius 3 is 2.89 bits per heavy atom. The van der Waals surface area contributed by atoms with Crippen LogP contribution in [0.25, 0.3) is 0 Å². The molecule has 1 atom stereocenters. The normalized spacial score (nSPS) is 20.9. The second-order valence-electron chi connectivity index (χ2n) is 4.38. The van der Waals surface area contributed by atoms with Gasteiger partial charge < -0.3 is 10.5 Å². The second-order valence-corrected chi connectivity index (χ2v) is 6.28. The lowest BCUT2D eigenvalue weighted by atomic mass is 10.2. The van der Waals surface area contributed by atoms with E-state index in [2.05, 4.69) is 0 Å². The van der Waals surface area contributed by atoms with Crippen molar-refractivity contribution in [3.8, 4) is 6.07 Å². The molecule has 1 aromatic carbocycles. The highest BCUT2D eigenvalue weighted by atomic mass is 32.2. The molecule has 6 nitrogen and oxygen atoms in total. The Labute approximate surface area is 112 Å². The van der Waals surface area contributed by atoms with E-state index in [-0.39, 0.29) is 24.6 Å². The van der Waals surface area contributed by atoms with Crippen LogP contribution < -0.4 is 5.73 Å². The zero-order chi connectivity index (χ0) is 14.0. The summed E-state index contributed by atoms with van der Waals surface area (Å²) in [5.74, 6) is 0. The third-order valence-corrected chi connectivity index (χ3v) is 5.02. The fraction of sp³-hybridized carbons (Fsp3) is 0.417. The number of nitrogens with two attached hydrogens (primary N) is 1. The number of aryl methyl sites for hydroxylation is 1. The molecule has 0 amide bonds. The van der Waals surface area contributed by atoms with Gasteiger partial charge in [-0.25, -0.2) is 8.42 Å². The van der Waals surface area contributed by atoms with E-state index in [4.69, 9.17) is 15.7 Å². The molecule has 1 aliphatic heterocycles. The Kier molecular flexibility index (Phi) is 3.75. The lowest BCUT2D eigenvalue weighted by molar-refractivity contribution is 0.0311. The smallest absolute Gasteiger partial charge is 0.243 e. The molecule has 1 aliphatic rings. The van der Waals surface area contributed by atoms with Crippen molar-refractivity contribution in [3.63, 3.8) is 0 Å². The summed E-state index contributed by atoms with van der Waals surface area (Å²) in [5.41, 5.74) is 6.74. The van der Waals surface area contributed by atoms with Crippen LogP contribution >= 0.6 is 0 Å². The molecule has 0 spiro atoms. The minimum Gasteiger partial charge on any atom is -0.399 e. The predicted octanol–water partition coefficient (Wildman–Crippen LogP) is 0.490. The van der Waals surface area contributed by atoms with E-state index in [9.17, 15) is 8.42 Å². The number of hydrogen-bond donors (Lipinski definition) is 1. The summed E-state index contributed by atoms with van der Waals surface area (Å²) in [7, 11) is -3.61. The third-order valence-electron chi connectivity index (χ3n) is 2.99. The molecule has 1 unspecified atom stereocenters. The number of nitriles is 1. The molecule has 1 heterocycles. The van der Waals surface area contributed by atoms with E-state index in [1.165, 1.54) is 10.4 Å². The van der Waals surface area contributed by atoms with Gasteiger partial charge in [-0.3, -0.25) is 0 Å². The van der Waals surface area contributed by atoms with Crippen molar-refractivity contribution < 1.29 is 13.2 Å². The number of sulfonamides is 1. The Hall–Kier alpha value is -1.62. The van der Waals surface area contributed by atoms with E-state index in [0.29, 0.717) is 11.3 Å². The number of hydrogen-bond acceptors (Lipinski definition) is 5. The number of anilines is 1. The van der Waals surface area contributed by atoms with Crippen LogP contribution in [0.1, 0.15) is 5.56 Å². The summed E-state index contributed by atoms with van der Waals surface area (Å²) < 4.78 is 31.4. The molecule has 1 saturated heterocycles. The first-order chi connectivity index (χ1) is 8.95. The van der Waals surface area contributed by atoms with Crippen molar-refractivity contribution in [3.05, 3.63) is 23.8 Å². The molecule has 7 heteroatoms. The van der Waals surface area contributed by atoms with Gasteiger partial charge in [0.15, 0.2) is 6.10 Å². The van der Waals surface area contributed by atoms with Gasteiger partial charge in [0.25, 0.3) is 0 Å². The van der Waals surface area contributed by atoms with Crippen molar-refractivity contribution in [2.75, 3.05) is 25.4 Å². The predicted molar refractivity (Wildman–Crippen MR) is 69.7 cm³/mol. The molecule has 0 saturated carbocycles. The highest BCUT2D eigenvalue weighted by Crippen LogP contribution is 2.23. The zero-order valence-electron chi connectivity index (χ0n) is 10.5. The van der Waals surface area contributed by atoms with Crippen LogP contribution in [0.3, 0.4) is 0 Å². The van der Waals surface area contributed by atoms with Crippen molar-refractivity contribution in [2.24, 2.45) is 0 Å². The maximum Gasteiger partial charge on any atom is 0.243 e. The van der Waals surface area contributed by atoms with Crippen LogP contribution in [-0.4, -0.2) is 38.5 Å². The molecule has 0 radical (unpaired) electrons. The molecular formula is C12H15N3O3S. The van der Waals surface area contributed by atoms with Crippen molar-refractivity contribution in [2.45, 2.75) is 17.9 Å². The SMILES string of the molecule is Cc1cc(N)ccc1S(=O)(=O)N1CCOC(C#N)C1. The van der Waals surface area contributed by atoms with Gasteiger partial charge in [-0.1, -0.05) is 0 Å². The van der Waals surface area contributed by atoms with Gasteiger partial charge in [0.2, 0.25) is 10.0 Å². The van der Waals surface area contributed by atoms with Crippen LogP contribution in [0.4, 0.5) is 5.69 Å². The molecule has 1 aromatic rings. The molecule has 19 heavy (non-hydrogen) atoms. The van der Waals surface area contributed by atoms with E-state index in [0.717, 1.165) is 0 Å². The Morgan fingerprint density at radius 1 is 1.53 bits per heavy atom. The van der Waals surface area contributed by atoms with Crippen molar-refractivity contribution in [1.29, 1.82) is 5.26 Å². The van der Waals surface area contributed by atoms with Crippen molar-refractivity contribution >= 4 is 15.7 Å². The van der Waals surface area contributed by atoms with Crippen LogP contribution in [-0.2, 0) is 14.8 Å². The number of rotatable bonds is 2. The summed E-state index contributed by atoms with van der Waals surface area (Å²) >= 11 is 0. The molecule has 1 fully saturated rings. The monoisotopic (exact) mass is 281 g/mol. The van der Waals surface area contributed by atoms with Crippen molar-refractivity contribution in [1.82, 2.24) is 4.31 Å². The highest BCUT2D eigenvalue weighted by Gasteiger charge is 2.31. The number of benzene rings is 1. The second kappa shape index (κ2) is 5.17. The maximum absolute atomic E-state index is 12.5. The number of nitrogens with zero attached hydrogens (tertiary/aromatic N) is 2. The average molecular weight is 281 g/mol. The van der Waals surface area contributed by atoms with Crippen LogP contribution in [0.2, 0.25) is 0 Å². The molecular weight excluding hydrogens is 266 g/mol. The first kappa shape index (κ1) is 13.8. The summed E-state index contributed by atoms with van der Waals surface area (Å²) in [4.78, 5) is 0.222. The molecule has 0 aromatic heterocycles. The van der Waals surface area contributed by atoms with Gasteiger partial charge in [0, 0.05) is 12.2 Å². The average Bonchev–Trinajstić information content (AvgIpc) is 2.38. The lowest BCUT2D eigenvalue weighted by Gasteiger charge is -2.29. The first-order valence-electron chi connectivity index (χ1n) is 5.82. The van der Waals surface area contributed by atoms with E-state index in [1.807, 2.05) is 6.07 Å². The standard InChI is InChI=1S/C12H15N3O3S/c1-9-6-10(14)2-3-12(9)19(16,17)15-4-5-18-11(7-13)8-15/h2-3,6,11H,4-5,8,14H2,1H3. The maximum atomic E-state index is 12.5. The number of ether oxygens (including phenoxy) is 1. The highest BCUT2D eigenvalue weighted by molar-refractivity contribution is 7.89. The summed E-state index contributed by atoms with van der Waals surface area (Å²) in [6.45, 7) is 2.24. The zero-order valence-corrected chi connectivity index (χ0v) is 11.4. The lowest BCUT2D eigenvalue weighted by Crippen LogP contribution is -2.45. The molecule has 2 N–H and O–H groups in total. The quantitative estimate of drug-likeness (QED) is 0.796. The van der Waals surface area contributed by atoms with E-state index < -0.39 is 16.1 Å². The molecule has 2 rings (SSSR count). The summed E-state index contributed by atoms with van der Waals surface area (Å²) in [6.07, 6.45) is -0.711. The van der Waals surface area contributed by atoms with Gasteiger partial charge in [0.1, 0.15) is 0 Å². The molecule has 0 bridgehead atoms. The summed E-state index contributed by atoms with van der Waals surface area (Å²) in [5, 5.41) is 8.82. The Morgan fingerprint density at radius 2 is 2.26 bits per heavy atom. The molecule has 0 aliphatic carbocycles. The minimum absolute atomic E-state index is 0.0582. The van der Waals surface area contributed by atoms with Gasteiger partial charge in [-0.05, 0) is 30.7 Å². The fourth-order valence-electron chi connectivity index (χ4n) is 2.02. The third kappa shape index (κ3) is 2.71. The topological polar surface area (TPSA) is 96.4 Å². The summed E-state index contributed by atoms with van der Waals surface area (Å²) in [6, 6.07) is 6.61. The Balaban J connectivity index is 2.34.